The monoisotopic (exact) mass is 443 g/mol. The molecule has 5 nitrogen and oxygen atoms in total. The quantitative estimate of drug-likeness (QED) is 0.445. The number of benzene rings is 2. The summed E-state index contributed by atoms with van der Waals surface area (Å²) in [6, 6.07) is 17.8. The molecule has 138 valence electrons. The minimum absolute atomic E-state index is 0.227. The zero-order valence-electron chi connectivity index (χ0n) is 14.7. The Kier molecular flexibility index (Phi) is 5.33. The van der Waals surface area contributed by atoms with Crippen molar-refractivity contribution in [2.75, 3.05) is 12.4 Å². The summed E-state index contributed by atoms with van der Waals surface area (Å²) in [5, 5.41) is 20.8. The average Bonchev–Trinajstić information content (AvgIpc) is 3.09. The van der Waals surface area contributed by atoms with Crippen molar-refractivity contribution >= 4 is 44.2 Å². The number of ether oxygens (including phenoxy) is 1. The molecule has 0 radical (unpaired) electrons. The van der Waals surface area contributed by atoms with Crippen molar-refractivity contribution in [2.24, 2.45) is 0 Å². The van der Waals surface area contributed by atoms with Crippen LogP contribution >= 0.6 is 27.7 Å². The fourth-order valence-electron chi connectivity index (χ4n) is 2.91. The summed E-state index contributed by atoms with van der Waals surface area (Å²) in [7, 11) is 0. The number of fused-ring (bicyclic) bond motifs is 3. The lowest BCUT2D eigenvalue weighted by Gasteiger charge is -2.12. The smallest absolute Gasteiger partial charge is 0.196 e. The van der Waals surface area contributed by atoms with Gasteiger partial charge in [0.2, 0.25) is 0 Å². The zero-order valence-corrected chi connectivity index (χ0v) is 17.1. The topological polar surface area (TPSA) is 59.7 Å². The third-order valence-electron chi connectivity index (χ3n) is 4.23. The largest absolute Gasteiger partial charge is 0.491 e. The van der Waals surface area contributed by atoms with E-state index in [0.29, 0.717) is 5.75 Å². The molecule has 0 aliphatic rings. The fourth-order valence-corrected chi connectivity index (χ4v) is 4.03. The number of nitrogens with zero attached hydrogens (tertiary/aromatic N) is 3. The number of hydrogen-bond donors (Lipinski definition) is 1. The van der Waals surface area contributed by atoms with E-state index in [-0.39, 0.29) is 6.61 Å². The number of aryl methyl sites for hydroxylation is 1. The molecule has 2 aromatic carbocycles. The maximum Gasteiger partial charge on any atom is 0.196 e. The molecule has 0 aliphatic heterocycles. The maximum absolute atomic E-state index is 10.3. The predicted octanol–water partition coefficient (Wildman–Crippen LogP) is 4.49. The fraction of sp³-hybridized carbons (Fsp3) is 0.200. The molecule has 0 amide bonds. The Labute approximate surface area is 169 Å². The van der Waals surface area contributed by atoms with Crippen molar-refractivity contribution in [2.45, 2.75) is 18.2 Å². The third-order valence-corrected chi connectivity index (χ3v) is 5.84. The SMILES string of the molecule is Cc1cc2nnc(SCC(O)COc3ccc(Br)cc3)n2c2ccccc12. The highest BCUT2D eigenvalue weighted by Gasteiger charge is 2.14. The van der Waals surface area contributed by atoms with Crippen molar-refractivity contribution in [3.05, 3.63) is 64.6 Å². The summed E-state index contributed by atoms with van der Waals surface area (Å²) < 4.78 is 8.67. The summed E-state index contributed by atoms with van der Waals surface area (Å²) >= 11 is 4.86. The van der Waals surface area contributed by atoms with Crippen molar-refractivity contribution in [3.8, 4) is 5.75 Å². The Hall–Kier alpha value is -2.09. The molecule has 2 heterocycles. The summed E-state index contributed by atoms with van der Waals surface area (Å²) in [5.41, 5.74) is 3.06. The van der Waals surface area contributed by atoms with E-state index in [0.717, 1.165) is 26.5 Å². The predicted molar refractivity (Wildman–Crippen MR) is 112 cm³/mol. The number of hydrogen-bond acceptors (Lipinski definition) is 5. The van der Waals surface area contributed by atoms with E-state index in [1.54, 1.807) is 0 Å². The molecule has 1 unspecified atom stereocenters. The first-order valence-electron chi connectivity index (χ1n) is 8.54. The summed E-state index contributed by atoms with van der Waals surface area (Å²) in [6.07, 6.45) is -0.609. The van der Waals surface area contributed by atoms with Gasteiger partial charge in [-0.3, -0.25) is 4.40 Å². The lowest BCUT2D eigenvalue weighted by molar-refractivity contribution is 0.126. The zero-order chi connectivity index (χ0) is 18.8. The molecule has 1 N–H and O–H groups in total. The molecule has 4 rings (SSSR count). The molecule has 2 aromatic heterocycles. The first-order valence-corrected chi connectivity index (χ1v) is 10.3. The van der Waals surface area contributed by atoms with E-state index in [2.05, 4.69) is 45.2 Å². The van der Waals surface area contributed by atoms with Crippen molar-refractivity contribution < 1.29 is 9.84 Å². The minimum atomic E-state index is -0.609. The molecule has 0 saturated carbocycles. The van der Waals surface area contributed by atoms with E-state index in [1.165, 1.54) is 22.7 Å². The second kappa shape index (κ2) is 7.88. The molecular formula is C20H18BrN3O2S. The molecule has 0 fully saturated rings. The van der Waals surface area contributed by atoms with Gasteiger partial charge in [-0.2, -0.15) is 0 Å². The van der Waals surface area contributed by atoms with Crippen molar-refractivity contribution in [3.63, 3.8) is 0 Å². The first-order chi connectivity index (χ1) is 13.1. The van der Waals surface area contributed by atoms with Crippen LogP contribution in [0.15, 0.2) is 64.2 Å². The van der Waals surface area contributed by atoms with Gasteiger partial charge in [-0.1, -0.05) is 45.9 Å². The minimum Gasteiger partial charge on any atom is -0.491 e. The van der Waals surface area contributed by atoms with E-state index < -0.39 is 6.10 Å². The molecule has 0 saturated heterocycles. The van der Waals surface area contributed by atoms with Gasteiger partial charge in [0, 0.05) is 15.6 Å². The number of para-hydroxylation sites is 1. The normalized spacial score (nSPS) is 12.6. The highest BCUT2D eigenvalue weighted by molar-refractivity contribution is 9.10. The maximum atomic E-state index is 10.3. The van der Waals surface area contributed by atoms with Crippen LogP contribution in [-0.2, 0) is 0 Å². The van der Waals surface area contributed by atoms with Crippen molar-refractivity contribution in [1.29, 1.82) is 0 Å². The van der Waals surface area contributed by atoms with Gasteiger partial charge in [0.15, 0.2) is 10.8 Å². The van der Waals surface area contributed by atoms with Crippen LogP contribution in [-0.4, -0.2) is 38.2 Å². The molecule has 27 heavy (non-hydrogen) atoms. The summed E-state index contributed by atoms with van der Waals surface area (Å²) in [6.45, 7) is 2.30. The van der Waals surface area contributed by atoms with Crippen molar-refractivity contribution in [1.82, 2.24) is 14.6 Å². The number of thioether (sulfide) groups is 1. The number of aliphatic hydroxyl groups excluding tert-OH is 1. The second-order valence-corrected chi connectivity index (χ2v) is 8.15. The Balaban J connectivity index is 1.47. The van der Waals surface area contributed by atoms with Crippen LogP contribution in [0.4, 0.5) is 0 Å². The van der Waals surface area contributed by atoms with E-state index in [1.807, 2.05) is 46.9 Å². The number of pyridine rings is 1. The van der Waals surface area contributed by atoms with Gasteiger partial charge in [-0.15, -0.1) is 10.2 Å². The molecule has 7 heteroatoms. The number of aromatic nitrogens is 3. The second-order valence-electron chi connectivity index (χ2n) is 6.25. The standard InChI is InChI=1S/C20H18BrN3O2S/c1-13-10-19-22-23-20(24(19)18-5-3-2-4-17(13)18)27-12-15(25)11-26-16-8-6-14(21)7-9-16/h2-10,15,25H,11-12H2,1H3. The van der Waals surface area contributed by atoms with E-state index in [4.69, 9.17) is 4.74 Å². The third kappa shape index (κ3) is 3.95. The first kappa shape index (κ1) is 18.3. The van der Waals surface area contributed by atoms with Gasteiger partial charge in [0.05, 0.1) is 11.6 Å². The van der Waals surface area contributed by atoms with Gasteiger partial charge in [-0.05, 0) is 48.9 Å². The highest BCUT2D eigenvalue weighted by Crippen LogP contribution is 2.26. The van der Waals surface area contributed by atoms with Crippen LogP contribution in [0.1, 0.15) is 5.56 Å². The Morgan fingerprint density at radius 2 is 1.93 bits per heavy atom. The highest BCUT2D eigenvalue weighted by atomic mass is 79.9. The van der Waals surface area contributed by atoms with Crippen LogP contribution < -0.4 is 4.74 Å². The van der Waals surface area contributed by atoms with Gasteiger partial charge < -0.3 is 9.84 Å². The molecule has 1 atom stereocenters. The van der Waals surface area contributed by atoms with Gasteiger partial charge in [-0.25, -0.2) is 0 Å². The van der Waals surface area contributed by atoms with Crippen LogP contribution in [0.5, 0.6) is 5.75 Å². The van der Waals surface area contributed by atoms with E-state index >= 15 is 0 Å². The lowest BCUT2D eigenvalue weighted by atomic mass is 10.1. The summed E-state index contributed by atoms with van der Waals surface area (Å²) in [5.74, 6) is 1.20. The molecular weight excluding hydrogens is 426 g/mol. The number of rotatable bonds is 6. The lowest BCUT2D eigenvalue weighted by Crippen LogP contribution is -2.20. The van der Waals surface area contributed by atoms with E-state index in [9.17, 15) is 5.11 Å². The van der Waals surface area contributed by atoms with Gasteiger partial charge >= 0.3 is 0 Å². The van der Waals surface area contributed by atoms with Gasteiger partial charge in [0.25, 0.3) is 0 Å². The van der Waals surface area contributed by atoms with Crippen LogP contribution in [0, 0.1) is 6.92 Å². The Morgan fingerprint density at radius 1 is 1.15 bits per heavy atom. The number of aliphatic hydroxyl groups is 1. The molecule has 0 aliphatic carbocycles. The van der Waals surface area contributed by atoms with Crippen LogP contribution in [0.2, 0.25) is 0 Å². The van der Waals surface area contributed by atoms with Crippen LogP contribution in [0.25, 0.3) is 16.6 Å². The van der Waals surface area contributed by atoms with Crippen LogP contribution in [0.3, 0.4) is 0 Å². The molecule has 0 spiro atoms. The van der Waals surface area contributed by atoms with Gasteiger partial charge in [0.1, 0.15) is 12.4 Å². The average molecular weight is 444 g/mol. The summed E-state index contributed by atoms with van der Waals surface area (Å²) in [4.78, 5) is 0. The Bertz CT molecular complexity index is 1080. The molecule has 4 aromatic rings. The molecule has 0 bridgehead atoms. The Morgan fingerprint density at radius 3 is 2.74 bits per heavy atom. The number of halogens is 1.